The van der Waals surface area contributed by atoms with E-state index in [9.17, 15) is 9.59 Å². The number of benzene rings is 2. The van der Waals surface area contributed by atoms with Gasteiger partial charge in [-0.3, -0.25) is 14.9 Å². The van der Waals surface area contributed by atoms with Crippen LogP contribution in [-0.2, 0) is 0 Å². The SMILES string of the molecule is CN1CCN(C(=O)c2ccc3nc(NC(=O)c4ccc(N(C)C)cc4)sc3c2)CC1. The fourth-order valence-electron chi connectivity index (χ4n) is 3.38. The van der Waals surface area contributed by atoms with Gasteiger partial charge in [-0.25, -0.2) is 4.98 Å². The summed E-state index contributed by atoms with van der Waals surface area (Å²) in [6, 6.07) is 12.9. The van der Waals surface area contributed by atoms with Crippen molar-refractivity contribution in [3.63, 3.8) is 0 Å². The van der Waals surface area contributed by atoms with Crippen molar-refractivity contribution in [1.82, 2.24) is 14.8 Å². The minimum absolute atomic E-state index is 0.0463. The van der Waals surface area contributed by atoms with Gasteiger partial charge in [-0.15, -0.1) is 0 Å². The van der Waals surface area contributed by atoms with Crippen molar-refractivity contribution in [3.8, 4) is 0 Å². The minimum Gasteiger partial charge on any atom is -0.378 e. The van der Waals surface area contributed by atoms with Crippen molar-refractivity contribution in [2.24, 2.45) is 0 Å². The van der Waals surface area contributed by atoms with Crippen LogP contribution in [0.15, 0.2) is 42.5 Å². The van der Waals surface area contributed by atoms with E-state index in [1.165, 1.54) is 11.3 Å². The molecule has 1 aromatic heterocycles. The van der Waals surface area contributed by atoms with Gasteiger partial charge in [0.05, 0.1) is 10.2 Å². The first-order valence-electron chi connectivity index (χ1n) is 9.88. The molecule has 0 spiro atoms. The Kier molecular flexibility index (Phi) is 5.69. The normalized spacial score (nSPS) is 14.7. The molecule has 156 valence electrons. The van der Waals surface area contributed by atoms with Crippen LogP contribution in [0.4, 0.5) is 10.8 Å². The summed E-state index contributed by atoms with van der Waals surface area (Å²) in [7, 11) is 5.98. The van der Waals surface area contributed by atoms with Gasteiger partial charge in [0, 0.05) is 57.1 Å². The van der Waals surface area contributed by atoms with Crippen molar-refractivity contribution >= 4 is 44.2 Å². The van der Waals surface area contributed by atoms with Crippen molar-refractivity contribution in [1.29, 1.82) is 0 Å². The summed E-state index contributed by atoms with van der Waals surface area (Å²) in [6.45, 7) is 3.26. The molecular formula is C22H25N5O2S. The number of rotatable bonds is 4. The molecule has 0 atom stereocenters. The van der Waals surface area contributed by atoms with Crippen LogP contribution in [0.25, 0.3) is 10.2 Å². The zero-order chi connectivity index (χ0) is 21.3. The van der Waals surface area contributed by atoms with Crippen LogP contribution in [0.3, 0.4) is 0 Å². The number of amides is 2. The first-order chi connectivity index (χ1) is 14.4. The van der Waals surface area contributed by atoms with Gasteiger partial charge in [0.25, 0.3) is 11.8 Å². The van der Waals surface area contributed by atoms with Gasteiger partial charge in [-0.2, -0.15) is 0 Å². The van der Waals surface area contributed by atoms with Crippen molar-refractivity contribution in [2.45, 2.75) is 0 Å². The third kappa shape index (κ3) is 4.29. The second kappa shape index (κ2) is 8.41. The number of carbonyl (C=O) groups is 2. The lowest BCUT2D eigenvalue weighted by Crippen LogP contribution is -2.47. The van der Waals surface area contributed by atoms with Gasteiger partial charge >= 0.3 is 0 Å². The molecule has 0 unspecified atom stereocenters. The predicted molar refractivity (Wildman–Crippen MR) is 122 cm³/mol. The zero-order valence-corrected chi connectivity index (χ0v) is 18.2. The standard InChI is InChI=1S/C22H25N5O2S/c1-25(2)17-7-4-15(5-8-17)20(28)24-22-23-18-9-6-16(14-19(18)30-22)21(29)27-12-10-26(3)11-13-27/h4-9,14H,10-13H2,1-3H3,(H,23,24,28). The second-order valence-corrected chi connectivity index (χ2v) is 8.72. The molecule has 0 saturated carbocycles. The summed E-state index contributed by atoms with van der Waals surface area (Å²) in [5.74, 6) is -0.155. The smallest absolute Gasteiger partial charge is 0.257 e. The molecule has 4 rings (SSSR count). The fourth-order valence-corrected chi connectivity index (χ4v) is 4.28. The summed E-state index contributed by atoms with van der Waals surface area (Å²) >= 11 is 1.38. The highest BCUT2D eigenvalue weighted by Crippen LogP contribution is 2.28. The molecule has 3 aromatic rings. The average molecular weight is 424 g/mol. The Labute approximate surface area is 179 Å². The summed E-state index contributed by atoms with van der Waals surface area (Å²) in [5, 5.41) is 3.39. The Morgan fingerprint density at radius 1 is 1.00 bits per heavy atom. The van der Waals surface area contributed by atoms with Crippen molar-refractivity contribution < 1.29 is 9.59 Å². The number of anilines is 2. The van der Waals surface area contributed by atoms with E-state index in [4.69, 9.17) is 0 Å². The van der Waals surface area contributed by atoms with E-state index < -0.39 is 0 Å². The maximum Gasteiger partial charge on any atom is 0.257 e. The molecule has 2 amide bonds. The number of nitrogens with one attached hydrogen (secondary N) is 1. The lowest BCUT2D eigenvalue weighted by molar-refractivity contribution is 0.0664. The fraction of sp³-hybridized carbons (Fsp3) is 0.318. The average Bonchev–Trinajstić information content (AvgIpc) is 3.15. The lowest BCUT2D eigenvalue weighted by atomic mass is 10.1. The maximum absolute atomic E-state index is 12.8. The molecule has 2 aromatic carbocycles. The molecule has 8 heteroatoms. The number of piperazine rings is 1. The van der Waals surface area contributed by atoms with E-state index in [1.54, 1.807) is 12.1 Å². The largest absolute Gasteiger partial charge is 0.378 e. The number of fused-ring (bicyclic) bond motifs is 1. The Hall–Kier alpha value is -2.97. The van der Waals surface area contributed by atoms with E-state index in [1.807, 2.05) is 54.2 Å². The number of hydrogen-bond acceptors (Lipinski definition) is 6. The van der Waals surface area contributed by atoms with Crippen LogP contribution in [-0.4, -0.2) is 73.9 Å². The van der Waals surface area contributed by atoms with Crippen molar-refractivity contribution in [2.75, 3.05) is 57.5 Å². The molecule has 0 aliphatic carbocycles. The summed E-state index contributed by atoms with van der Waals surface area (Å²) in [4.78, 5) is 36.0. The Bertz CT molecular complexity index is 1070. The number of carbonyl (C=O) groups excluding carboxylic acids is 2. The summed E-state index contributed by atoms with van der Waals surface area (Å²) in [6.07, 6.45) is 0. The van der Waals surface area contributed by atoms with Crippen LogP contribution in [0.5, 0.6) is 0 Å². The van der Waals surface area contributed by atoms with Crippen LogP contribution >= 0.6 is 11.3 Å². The van der Waals surface area contributed by atoms with E-state index in [2.05, 4.69) is 22.2 Å². The third-order valence-electron chi connectivity index (χ3n) is 5.29. The van der Waals surface area contributed by atoms with Gasteiger partial charge in [-0.1, -0.05) is 11.3 Å². The van der Waals surface area contributed by atoms with Crippen LogP contribution < -0.4 is 10.2 Å². The van der Waals surface area contributed by atoms with Crippen LogP contribution in [0.2, 0.25) is 0 Å². The second-order valence-electron chi connectivity index (χ2n) is 7.69. The predicted octanol–water partition coefficient (Wildman–Crippen LogP) is 3.00. The molecule has 7 nitrogen and oxygen atoms in total. The number of likely N-dealkylation sites (N-methyl/N-ethyl adjacent to an activating group) is 1. The molecule has 1 fully saturated rings. The summed E-state index contributed by atoms with van der Waals surface area (Å²) in [5.41, 5.74) is 3.04. The molecule has 2 heterocycles. The third-order valence-corrected chi connectivity index (χ3v) is 6.23. The number of aromatic nitrogens is 1. The number of hydrogen-bond donors (Lipinski definition) is 1. The van der Waals surface area contributed by atoms with Gasteiger partial charge in [0.1, 0.15) is 0 Å². The lowest BCUT2D eigenvalue weighted by Gasteiger charge is -2.32. The minimum atomic E-state index is -0.201. The van der Waals surface area contributed by atoms with Crippen molar-refractivity contribution in [3.05, 3.63) is 53.6 Å². The Morgan fingerprint density at radius 2 is 1.67 bits per heavy atom. The van der Waals surface area contributed by atoms with Gasteiger partial charge < -0.3 is 14.7 Å². The van der Waals surface area contributed by atoms with E-state index in [0.717, 1.165) is 42.1 Å². The highest BCUT2D eigenvalue weighted by molar-refractivity contribution is 7.22. The van der Waals surface area contributed by atoms with Crippen LogP contribution in [0.1, 0.15) is 20.7 Å². The molecule has 1 N–H and O–H groups in total. The quantitative estimate of drug-likeness (QED) is 0.699. The molecule has 1 aliphatic rings. The Balaban J connectivity index is 1.48. The van der Waals surface area contributed by atoms with Gasteiger partial charge in [-0.05, 0) is 49.5 Å². The highest BCUT2D eigenvalue weighted by atomic mass is 32.1. The van der Waals surface area contributed by atoms with Crippen LogP contribution in [0, 0.1) is 0 Å². The van der Waals surface area contributed by atoms with Gasteiger partial charge in [0.2, 0.25) is 0 Å². The number of thiazole rings is 1. The topological polar surface area (TPSA) is 68.8 Å². The highest BCUT2D eigenvalue weighted by Gasteiger charge is 2.21. The Morgan fingerprint density at radius 3 is 2.33 bits per heavy atom. The van der Waals surface area contributed by atoms with E-state index in [0.29, 0.717) is 16.3 Å². The summed E-state index contributed by atoms with van der Waals surface area (Å²) < 4.78 is 0.883. The number of nitrogens with zero attached hydrogens (tertiary/aromatic N) is 4. The molecule has 0 bridgehead atoms. The molecular weight excluding hydrogens is 398 g/mol. The van der Waals surface area contributed by atoms with E-state index in [-0.39, 0.29) is 11.8 Å². The molecule has 0 radical (unpaired) electrons. The van der Waals surface area contributed by atoms with Gasteiger partial charge in [0.15, 0.2) is 5.13 Å². The molecule has 1 aliphatic heterocycles. The van der Waals surface area contributed by atoms with E-state index >= 15 is 0 Å². The molecule has 1 saturated heterocycles. The maximum atomic E-state index is 12.8. The molecule has 30 heavy (non-hydrogen) atoms. The monoisotopic (exact) mass is 423 g/mol. The zero-order valence-electron chi connectivity index (χ0n) is 17.4. The first-order valence-corrected chi connectivity index (χ1v) is 10.7. The first kappa shape index (κ1) is 20.3.